The van der Waals surface area contributed by atoms with Gasteiger partial charge in [-0.25, -0.2) is 0 Å². The first-order valence-corrected chi connectivity index (χ1v) is 10.6. The van der Waals surface area contributed by atoms with E-state index in [9.17, 15) is 11.4 Å². The van der Waals surface area contributed by atoms with E-state index in [1.54, 1.807) is 0 Å². The molecule has 0 aliphatic heterocycles. The van der Waals surface area contributed by atoms with Crippen LogP contribution >= 0.6 is 87.1 Å². The molecule has 0 aliphatic carbocycles. The van der Waals surface area contributed by atoms with Crippen LogP contribution in [0.15, 0.2) is 12.1 Å². The van der Waals surface area contributed by atoms with Gasteiger partial charge in [-0.3, -0.25) is 0 Å². The summed E-state index contributed by atoms with van der Waals surface area (Å²) in [6.45, 7) is 0. The van der Waals surface area contributed by atoms with Gasteiger partial charge >= 0.3 is 0 Å². The van der Waals surface area contributed by atoms with Crippen molar-refractivity contribution in [1.82, 2.24) is 0 Å². The SMILES string of the molecule is F[I]c1ccc([I]F)c([I]F)c1[I]F. The van der Waals surface area contributed by atoms with Crippen molar-refractivity contribution >= 4 is 87.1 Å². The van der Waals surface area contributed by atoms with E-state index in [0.29, 0.717) is 7.14 Å². The highest BCUT2D eigenvalue weighted by Crippen LogP contribution is 2.44. The molecule has 0 aliphatic rings. The van der Waals surface area contributed by atoms with Crippen molar-refractivity contribution < 1.29 is 11.4 Å². The van der Waals surface area contributed by atoms with Gasteiger partial charge in [-0.1, -0.05) is 0 Å². The summed E-state index contributed by atoms with van der Waals surface area (Å²) in [6, 6.07) is 2.83. The molecule has 0 aromatic heterocycles. The van der Waals surface area contributed by atoms with E-state index in [1.807, 2.05) is 0 Å². The van der Waals surface area contributed by atoms with E-state index < -0.39 is 87.1 Å². The summed E-state index contributed by atoms with van der Waals surface area (Å²) < 4.78 is 51.2. The lowest BCUT2D eigenvalue weighted by Crippen LogP contribution is -1.92. The number of halogens is 8. The third-order valence-corrected chi connectivity index (χ3v) is 10.1. The molecule has 0 bridgehead atoms. The Labute approximate surface area is 123 Å². The Balaban J connectivity index is 3.28. The predicted octanol–water partition coefficient (Wildman–Crippen LogP) is 5.79. The average molecular weight is 658 g/mol. The summed E-state index contributed by atoms with van der Waals surface area (Å²) >= 11 is -7.15. The molecule has 14 heavy (non-hydrogen) atoms. The Morgan fingerprint density at radius 1 is 0.643 bits per heavy atom. The molecular formula is C6H2F4I4. The predicted molar refractivity (Wildman–Crippen MR) is 81.7 cm³/mol. The van der Waals surface area contributed by atoms with Gasteiger partial charge in [-0.05, 0) is 12.1 Å². The highest BCUT2D eigenvalue weighted by atomic mass is 127. The fraction of sp³-hybridized carbons (Fsp3) is 0. The molecule has 0 spiro atoms. The summed E-state index contributed by atoms with van der Waals surface area (Å²) in [6.07, 6.45) is 0. The fourth-order valence-electron chi connectivity index (χ4n) is 0.744. The second kappa shape index (κ2) is 7.24. The maximum Gasteiger partial charge on any atom is 0.111 e. The molecule has 1 aromatic carbocycles. The van der Waals surface area contributed by atoms with E-state index in [0.717, 1.165) is 0 Å². The molecule has 8 heteroatoms. The molecule has 0 saturated carbocycles. The first-order chi connectivity index (χ1) is 6.78. The van der Waals surface area contributed by atoms with Crippen LogP contribution in [0.1, 0.15) is 0 Å². The molecular weight excluding hydrogens is 656 g/mol. The van der Waals surface area contributed by atoms with E-state index in [2.05, 4.69) is 0 Å². The van der Waals surface area contributed by atoms with Crippen molar-refractivity contribution in [3.8, 4) is 0 Å². The van der Waals surface area contributed by atoms with Crippen molar-refractivity contribution in [3.63, 3.8) is 0 Å². The molecule has 1 aromatic rings. The highest BCUT2D eigenvalue weighted by Gasteiger charge is 2.17. The molecule has 0 nitrogen and oxygen atoms in total. The zero-order valence-electron chi connectivity index (χ0n) is 6.18. The molecule has 0 fully saturated rings. The van der Waals surface area contributed by atoms with Crippen molar-refractivity contribution in [2.75, 3.05) is 0 Å². The quantitative estimate of drug-likeness (QED) is 0.167. The van der Waals surface area contributed by atoms with Crippen LogP contribution in [0.5, 0.6) is 0 Å². The topological polar surface area (TPSA) is 0 Å². The lowest BCUT2D eigenvalue weighted by molar-refractivity contribution is 1.02. The minimum Gasteiger partial charge on any atom is -0.179 e. The maximum atomic E-state index is 12.6. The summed E-state index contributed by atoms with van der Waals surface area (Å²) in [5, 5.41) is 0. The molecule has 1 rings (SSSR count). The Bertz CT molecular complexity index is 288. The highest BCUT2D eigenvalue weighted by molar-refractivity contribution is 14.2. The van der Waals surface area contributed by atoms with Crippen LogP contribution in [-0.4, -0.2) is 0 Å². The molecule has 0 amide bonds. The lowest BCUT2D eigenvalue weighted by Gasteiger charge is -2.06. The third-order valence-electron chi connectivity index (χ3n) is 1.28. The summed E-state index contributed by atoms with van der Waals surface area (Å²) in [4.78, 5) is 0. The van der Waals surface area contributed by atoms with Crippen LogP contribution in [0.2, 0.25) is 0 Å². The van der Waals surface area contributed by atoms with Crippen LogP contribution in [0, 0.1) is 14.3 Å². The van der Waals surface area contributed by atoms with Gasteiger partial charge in [-0.15, -0.1) is 0 Å². The van der Waals surface area contributed by atoms with Crippen LogP contribution in [0.4, 0.5) is 11.4 Å². The van der Waals surface area contributed by atoms with Gasteiger partial charge in [0, 0.05) is 0 Å². The zero-order chi connectivity index (χ0) is 10.6. The largest absolute Gasteiger partial charge is 0.179 e. The average Bonchev–Trinajstić information content (AvgIpc) is 2.26. The van der Waals surface area contributed by atoms with Crippen molar-refractivity contribution in [1.29, 1.82) is 0 Å². The van der Waals surface area contributed by atoms with Crippen LogP contribution in [0.25, 0.3) is 0 Å². The first-order valence-electron chi connectivity index (χ1n) is 2.99. The van der Waals surface area contributed by atoms with Crippen LogP contribution in [0.3, 0.4) is 0 Å². The smallest absolute Gasteiger partial charge is 0.111 e. The molecule has 0 saturated heterocycles. The van der Waals surface area contributed by atoms with Gasteiger partial charge in [-0.2, -0.15) is 11.4 Å². The van der Waals surface area contributed by atoms with Crippen molar-refractivity contribution in [2.24, 2.45) is 0 Å². The van der Waals surface area contributed by atoms with E-state index in [-0.39, 0.29) is 7.14 Å². The summed E-state index contributed by atoms with van der Waals surface area (Å²) in [5.74, 6) is 0. The summed E-state index contributed by atoms with van der Waals surface area (Å²) in [5.41, 5.74) is 0. The number of hydrogen-bond acceptors (Lipinski definition) is 0. The van der Waals surface area contributed by atoms with Gasteiger partial charge in [0.15, 0.2) is 0 Å². The van der Waals surface area contributed by atoms with Gasteiger partial charge in [0.05, 0.1) is 14.3 Å². The van der Waals surface area contributed by atoms with E-state index in [1.165, 1.54) is 12.1 Å². The van der Waals surface area contributed by atoms with Crippen molar-refractivity contribution in [2.45, 2.75) is 0 Å². The van der Waals surface area contributed by atoms with Crippen LogP contribution < -0.4 is 0 Å². The molecule has 0 unspecified atom stereocenters. The van der Waals surface area contributed by atoms with E-state index >= 15 is 0 Å². The van der Waals surface area contributed by atoms with Gasteiger partial charge in [0.2, 0.25) is 0 Å². The minimum absolute atomic E-state index is 0.184. The van der Waals surface area contributed by atoms with Gasteiger partial charge < -0.3 is 0 Å². The zero-order valence-corrected chi connectivity index (χ0v) is 14.8. The minimum atomic E-state index is -1.84. The number of hydrogen-bond donors (Lipinski definition) is 0. The molecule has 0 heterocycles. The maximum absolute atomic E-state index is 12.6. The normalized spacial score (nSPS) is 10.6. The standard InChI is InChI=1S/C6H2F4I4/c7-11-3-1-2-4(12-8)6(14-10)5(3)13-9/h1-2H. The van der Waals surface area contributed by atoms with Gasteiger partial charge in [0.25, 0.3) is 0 Å². The second-order valence-corrected chi connectivity index (χ2v) is 8.06. The Morgan fingerprint density at radius 2 is 1.00 bits per heavy atom. The molecule has 82 valence electrons. The fourth-order valence-corrected chi connectivity index (χ4v) is 8.09. The van der Waals surface area contributed by atoms with E-state index in [4.69, 9.17) is 0 Å². The molecule has 0 atom stereocenters. The lowest BCUT2D eigenvalue weighted by atomic mass is 10.4. The monoisotopic (exact) mass is 658 g/mol. The first kappa shape index (κ1) is 13.9. The van der Waals surface area contributed by atoms with Crippen LogP contribution in [-0.2, 0) is 0 Å². The number of benzene rings is 1. The summed E-state index contributed by atoms with van der Waals surface area (Å²) in [7, 11) is 0. The second-order valence-electron chi connectivity index (χ2n) is 1.94. The third kappa shape index (κ3) is 3.18. The Kier molecular flexibility index (Phi) is 7.20. The molecule has 0 N–H and O–H groups in total. The van der Waals surface area contributed by atoms with Gasteiger partial charge in [0.1, 0.15) is 87.1 Å². The Hall–Kier alpha value is 1.86. The molecule has 4 radical (unpaired) electrons. The van der Waals surface area contributed by atoms with Crippen molar-refractivity contribution in [3.05, 3.63) is 26.4 Å². The number of rotatable bonds is 4. The Morgan fingerprint density at radius 3 is 1.21 bits per heavy atom.